The second-order valence-electron chi connectivity index (χ2n) is 5.18. The molecule has 1 N–H and O–H groups in total. The van der Waals surface area contributed by atoms with Gasteiger partial charge in [-0.1, -0.05) is 0 Å². The fourth-order valence-corrected chi connectivity index (χ4v) is 2.93. The van der Waals surface area contributed by atoms with Gasteiger partial charge in [0.1, 0.15) is 0 Å². The van der Waals surface area contributed by atoms with Gasteiger partial charge in [0.2, 0.25) is 5.91 Å². The summed E-state index contributed by atoms with van der Waals surface area (Å²) in [6.45, 7) is 4.62. The molecule has 3 heterocycles. The molecule has 0 aliphatic carbocycles. The lowest BCUT2D eigenvalue weighted by Gasteiger charge is -2.27. The summed E-state index contributed by atoms with van der Waals surface area (Å²) in [4.78, 5) is 13.4. The van der Waals surface area contributed by atoms with Crippen LogP contribution in [0.5, 0.6) is 0 Å². The molecule has 0 saturated carbocycles. The molecule has 0 aromatic carbocycles. The summed E-state index contributed by atoms with van der Waals surface area (Å²) in [5, 5.41) is 7.82. The van der Waals surface area contributed by atoms with Gasteiger partial charge in [0.15, 0.2) is 5.82 Å². The first-order valence-corrected chi connectivity index (χ1v) is 6.82. The Labute approximate surface area is 112 Å². The van der Waals surface area contributed by atoms with Crippen molar-refractivity contribution >= 4 is 11.7 Å². The molecule has 0 spiro atoms. The summed E-state index contributed by atoms with van der Waals surface area (Å²) in [6, 6.07) is 0.347. The summed E-state index contributed by atoms with van der Waals surface area (Å²) in [6.07, 6.45) is 1.90. The molecule has 1 unspecified atom stereocenters. The Balaban J connectivity index is 1.95. The zero-order chi connectivity index (χ0) is 13.4. The molecule has 104 valence electrons. The molecule has 2 aliphatic rings. The van der Waals surface area contributed by atoms with Crippen LogP contribution in [0.3, 0.4) is 0 Å². The third-order valence-corrected chi connectivity index (χ3v) is 4.02. The first-order chi connectivity index (χ1) is 9.20. The number of carbonyl (C=O) groups excluding carboxylic acids is 1. The van der Waals surface area contributed by atoms with Gasteiger partial charge in [0.05, 0.1) is 19.2 Å². The highest BCUT2D eigenvalue weighted by Gasteiger charge is 2.29. The number of nitrogens with zero attached hydrogens (tertiary/aromatic N) is 3. The van der Waals surface area contributed by atoms with Gasteiger partial charge < -0.3 is 15.0 Å². The van der Waals surface area contributed by atoms with E-state index in [2.05, 4.69) is 15.1 Å². The Hall–Kier alpha value is -1.56. The van der Waals surface area contributed by atoms with Crippen LogP contribution in [0.2, 0.25) is 0 Å². The van der Waals surface area contributed by atoms with Gasteiger partial charge in [-0.25, -0.2) is 0 Å². The van der Waals surface area contributed by atoms with E-state index >= 15 is 0 Å². The minimum Gasteiger partial charge on any atom is -0.379 e. The molecule has 1 aromatic rings. The molecule has 1 amide bonds. The largest absolute Gasteiger partial charge is 0.379 e. The number of hydrogen-bond donors (Lipinski definition) is 1. The van der Waals surface area contributed by atoms with E-state index in [4.69, 9.17) is 4.74 Å². The van der Waals surface area contributed by atoms with Crippen LogP contribution in [0.4, 0.5) is 5.82 Å². The average molecular weight is 264 g/mol. The van der Waals surface area contributed by atoms with Crippen molar-refractivity contribution < 1.29 is 9.53 Å². The quantitative estimate of drug-likeness (QED) is 0.858. The van der Waals surface area contributed by atoms with Crippen LogP contribution in [0, 0.1) is 0 Å². The third-order valence-electron chi connectivity index (χ3n) is 4.02. The predicted molar refractivity (Wildman–Crippen MR) is 71.0 cm³/mol. The van der Waals surface area contributed by atoms with E-state index in [0.29, 0.717) is 12.6 Å². The van der Waals surface area contributed by atoms with Crippen LogP contribution < -0.4 is 5.32 Å². The number of aromatic nitrogens is 2. The maximum Gasteiger partial charge on any atom is 0.219 e. The van der Waals surface area contributed by atoms with Crippen LogP contribution in [0.25, 0.3) is 0 Å². The first kappa shape index (κ1) is 12.5. The summed E-state index contributed by atoms with van der Waals surface area (Å²) >= 11 is 0. The van der Waals surface area contributed by atoms with E-state index in [-0.39, 0.29) is 5.91 Å². The van der Waals surface area contributed by atoms with Gasteiger partial charge in [-0.2, -0.15) is 5.10 Å². The Morgan fingerprint density at radius 1 is 1.53 bits per heavy atom. The van der Waals surface area contributed by atoms with Gasteiger partial charge in [-0.05, 0) is 6.42 Å². The van der Waals surface area contributed by atoms with Crippen molar-refractivity contribution in [1.29, 1.82) is 0 Å². The van der Waals surface area contributed by atoms with Crippen molar-refractivity contribution in [3.8, 4) is 0 Å². The first-order valence-electron chi connectivity index (χ1n) is 6.82. The number of rotatable bonds is 2. The minimum absolute atomic E-state index is 0.129. The van der Waals surface area contributed by atoms with Crippen molar-refractivity contribution in [2.45, 2.75) is 32.4 Å². The number of amides is 1. The lowest BCUT2D eigenvalue weighted by Crippen LogP contribution is -2.35. The van der Waals surface area contributed by atoms with Crippen molar-refractivity contribution in [2.24, 2.45) is 0 Å². The van der Waals surface area contributed by atoms with E-state index < -0.39 is 0 Å². The fourth-order valence-electron chi connectivity index (χ4n) is 2.93. The third kappa shape index (κ3) is 2.10. The van der Waals surface area contributed by atoms with Crippen LogP contribution in [-0.4, -0.2) is 47.4 Å². The Morgan fingerprint density at radius 2 is 2.37 bits per heavy atom. The normalized spacial score (nSPS) is 22.4. The molecule has 0 bridgehead atoms. The van der Waals surface area contributed by atoms with Gasteiger partial charge in [0, 0.05) is 44.8 Å². The van der Waals surface area contributed by atoms with Crippen molar-refractivity contribution in [3.05, 3.63) is 11.3 Å². The second-order valence-corrected chi connectivity index (χ2v) is 5.18. The fraction of sp³-hybridized carbons (Fsp3) is 0.692. The summed E-state index contributed by atoms with van der Waals surface area (Å²) in [5.41, 5.74) is 2.42. The Bertz CT molecular complexity index is 491. The van der Waals surface area contributed by atoms with Gasteiger partial charge in [-0.15, -0.1) is 0 Å². The van der Waals surface area contributed by atoms with Gasteiger partial charge in [0.25, 0.3) is 0 Å². The summed E-state index contributed by atoms with van der Waals surface area (Å²) in [5.74, 6) is 1.03. The SMILES string of the molecule is CNc1nn(C2CCOC2)c2c1CN(C(C)=O)CC2. The molecule has 3 rings (SSSR count). The van der Waals surface area contributed by atoms with Crippen LogP contribution in [0.1, 0.15) is 30.6 Å². The molecular weight excluding hydrogens is 244 g/mol. The molecular formula is C13H20N4O2. The highest BCUT2D eigenvalue weighted by atomic mass is 16.5. The zero-order valence-corrected chi connectivity index (χ0v) is 11.5. The smallest absolute Gasteiger partial charge is 0.219 e. The van der Waals surface area contributed by atoms with E-state index in [0.717, 1.165) is 44.0 Å². The van der Waals surface area contributed by atoms with Crippen LogP contribution in [0.15, 0.2) is 0 Å². The topological polar surface area (TPSA) is 59.4 Å². The number of ether oxygens (including phenoxy) is 1. The van der Waals surface area contributed by atoms with Crippen LogP contribution >= 0.6 is 0 Å². The highest BCUT2D eigenvalue weighted by molar-refractivity contribution is 5.74. The van der Waals surface area contributed by atoms with E-state index in [1.165, 1.54) is 5.69 Å². The van der Waals surface area contributed by atoms with Crippen LogP contribution in [-0.2, 0) is 22.5 Å². The zero-order valence-electron chi connectivity index (χ0n) is 11.5. The standard InChI is InChI=1S/C13H20N4O2/c1-9(18)16-5-3-12-11(7-16)13(14-2)15-17(12)10-4-6-19-8-10/h10H,3-8H2,1-2H3,(H,14,15). The molecule has 6 nitrogen and oxygen atoms in total. The number of nitrogens with one attached hydrogen (secondary N) is 1. The van der Waals surface area contributed by atoms with E-state index in [9.17, 15) is 4.79 Å². The molecule has 2 aliphatic heterocycles. The number of anilines is 1. The maximum atomic E-state index is 11.5. The molecule has 0 radical (unpaired) electrons. The van der Waals surface area contributed by atoms with Gasteiger partial charge in [-0.3, -0.25) is 9.48 Å². The average Bonchev–Trinajstić information content (AvgIpc) is 3.04. The molecule has 1 aromatic heterocycles. The number of hydrogen-bond acceptors (Lipinski definition) is 4. The summed E-state index contributed by atoms with van der Waals surface area (Å²) < 4.78 is 7.58. The number of carbonyl (C=O) groups is 1. The van der Waals surface area contributed by atoms with Crippen molar-refractivity contribution in [3.63, 3.8) is 0 Å². The Kier molecular flexibility index (Phi) is 3.18. The maximum absolute atomic E-state index is 11.5. The van der Waals surface area contributed by atoms with Crippen molar-refractivity contribution in [2.75, 3.05) is 32.1 Å². The molecule has 19 heavy (non-hydrogen) atoms. The van der Waals surface area contributed by atoms with Gasteiger partial charge >= 0.3 is 0 Å². The molecule has 6 heteroatoms. The monoisotopic (exact) mass is 264 g/mol. The highest BCUT2D eigenvalue weighted by Crippen LogP contribution is 2.30. The summed E-state index contributed by atoms with van der Waals surface area (Å²) in [7, 11) is 1.88. The lowest BCUT2D eigenvalue weighted by molar-refractivity contribution is -0.129. The van der Waals surface area contributed by atoms with E-state index in [1.54, 1.807) is 6.92 Å². The van der Waals surface area contributed by atoms with E-state index in [1.807, 2.05) is 11.9 Å². The van der Waals surface area contributed by atoms with Crippen molar-refractivity contribution in [1.82, 2.24) is 14.7 Å². The minimum atomic E-state index is 0.129. The lowest BCUT2D eigenvalue weighted by atomic mass is 10.1. The second kappa shape index (κ2) is 4.85. The molecule has 1 saturated heterocycles. The number of fused-ring (bicyclic) bond motifs is 1. The predicted octanol–water partition coefficient (Wildman–Crippen LogP) is 0.791. The Morgan fingerprint density at radius 3 is 3.00 bits per heavy atom. The molecule has 1 fully saturated rings. The molecule has 1 atom stereocenters.